The van der Waals surface area contributed by atoms with E-state index in [4.69, 9.17) is 5.11 Å². The largest absolute Gasteiger partial charge is 0.478 e. The normalized spacial score (nSPS) is 16.0. The van der Waals surface area contributed by atoms with Crippen molar-refractivity contribution in [2.75, 3.05) is 32.7 Å². The maximum Gasteiger partial charge on any atom is 0.336 e. The van der Waals surface area contributed by atoms with E-state index in [9.17, 15) is 18.4 Å². The molecule has 0 unspecified atom stereocenters. The molecule has 0 atom stereocenters. The molecule has 1 aliphatic rings. The summed E-state index contributed by atoms with van der Waals surface area (Å²) in [6.45, 7) is 5.10. The number of halogens is 2. The third kappa shape index (κ3) is 3.18. The minimum absolute atomic E-state index is 0.314. The number of carboxylic acid groups (broad SMARTS) is 1. The summed E-state index contributed by atoms with van der Waals surface area (Å²) in [6.07, 6.45) is 0. The van der Waals surface area contributed by atoms with Gasteiger partial charge in [0.2, 0.25) is 0 Å². The van der Waals surface area contributed by atoms with Crippen molar-refractivity contribution in [3.8, 4) is 0 Å². The van der Waals surface area contributed by atoms with Gasteiger partial charge in [-0.25, -0.2) is 13.6 Å². The number of hydrogen-bond donors (Lipinski definition) is 1. The highest BCUT2D eigenvalue weighted by Crippen LogP contribution is 2.18. The Kier molecular flexibility index (Phi) is 4.52. The zero-order valence-electron chi connectivity index (χ0n) is 11.6. The van der Waals surface area contributed by atoms with Gasteiger partial charge in [-0.2, -0.15) is 0 Å². The van der Waals surface area contributed by atoms with Crippen LogP contribution in [-0.4, -0.2) is 59.5 Å². The summed E-state index contributed by atoms with van der Waals surface area (Å²) in [4.78, 5) is 27.1. The second-order valence-corrected chi connectivity index (χ2v) is 4.84. The van der Waals surface area contributed by atoms with Gasteiger partial charge in [0.25, 0.3) is 5.91 Å². The number of carboxylic acids is 1. The molecule has 0 radical (unpaired) electrons. The van der Waals surface area contributed by atoms with E-state index >= 15 is 0 Å². The van der Waals surface area contributed by atoms with Crippen molar-refractivity contribution in [3.05, 3.63) is 34.9 Å². The van der Waals surface area contributed by atoms with E-state index in [2.05, 4.69) is 4.90 Å². The molecule has 1 saturated heterocycles. The Morgan fingerprint density at radius 1 is 1.10 bits per heavy atom. The number of hydrogen-bond acceptors (Lipinski definition) is 3. The molecular weight excluding hydrogens is 282 g/mol. The Morgan fingerprint density at radius 3 is 2.10 bits per heavy atom. The zero-order chi connectivity index (χ0) is 15.6. The number of amides is 1. The molecule has 5 nitrogen and oxygen atoms in total. The number of benzene rings is 1. The highest BCUT2D eigenvalue weighted by atomic mass is 19.2. The SMILES string of the molecule is CCN1CCN(C(=O)c2cc(F)c(F)cc2C(=O)O)CC1. The first-order valence-electron chi connectivity index (χ1n) is 6.68. The molecule has 21 heavy (non-hydrogen) atoms. The summed E-state index contributed by atoms with van der Waals surface area (Å²) in [5.74, 6) is -4.54. The van der Waals surface area contributed by atoms with E-state index in [1.54, 1.807) is 0 Å². The Balaban J connectivity index is 2.27. The second-order valence-electron chi connectivity index (χ2n) is 4.84. The van der Waals surface area contributed by atoms with Crippen molar-refractivity contribution in [1.29, 1.82) is 0 Å². The Hall–Kier alpha value is -2.02. The molecule has 1 heterocycles. The lowest BCUT2D eigenvalue weighted by molar-refractivity contribution is 0.0620. The third-order valence-corrected chi connectivity index (χ3v) is 3.63. The summed E-state index contributed by atoms with van der Waals surface area (Å²) in [5.41, 5.74) is -0.830. The quantitative estimate of drug-likeness (QED) is 0.917. The lowest BCUT2D eigenvalue weighted by Gasteiger charge is -2.34. The molecule has 0 aromatic heterocycles. The Morgan fingerprint density at radius 2 is 1.62 bits per heavy atom. The zero-order valence-corrected chi connectivity index (χ0v) is 11.6. The van der Waals surface area contributed by atoms with E-state index in [1.165, 1.54) is 4.90 Å². The fraction of sp³-hybridized carbons (Fsp3) is 0.429. The molecular formula is C14H16F2N2O3. The molecule has 0 spiro atoms. The molecule has 0 aliphatic carbocycles. The second kappa shape index (κ2) is 6.17. The van der Waals surface area contributed by atoms with E-state index in [-0.39, 0.29) is 5.56 Å². The monoisotopic (exact) mass is 298 g/mol. The van der Waals surface area contributed by atoms with Crippen LogP contribution in [0, 0.1) is 11.6 Å². The number of likely N-dealkylation sites (N-methyl/N-ethyl adjacent to an activating group) is 1. The van der Waals surface area contributed by atoms with Crippen molar-refractivity contribution >= 4 is 11.9 Å². The van der Waals surface area contributed by atoms with E-state index in [0.29, 0.717) is 38.3 Å². The van der Waals surface area contributed by atoms with Crippen LogP contribution in [0.25, 0.3) is 0 Å². The van der Waals surface area contributed by atoms with Gasteiger partial charge in [-0.05, 0) is 18.7 Å². The minimum atomic E-state index is -1.45. The number of aromatic carboxylic acids is 1. The van der Waals surface area contributed by atoms with Crippen LogP contribution in [0.3, 0.4) is 0 Å². The first-order valence-corrected chi connectivity index (χ1v) is 6.68. The maximum atomic E-state index is 13.3. The van der Waals surface area contributed by atoms with Crippen LogP contribution in [0.15, 0.2) is 12.1 Å². The first kappa shape index (κ1) is 15.4. The van der Waals surface area contributed by atoms with Gasteiger partial charge in [-0.15, -0.1) is 0 Å². The van der Waals surface area contributed by atoms with Crippen LogP contribution in [0.5, 0.6) is 0 Å². The summed E-state index contributed by atoms with van der Waals surface area (Å²) in [7, 11) is 0. The number of piperazine rings is 1. The molecule has 1 amide bonds. The number of nitrogens with zero attached hydrogens (tertiary/aromatic N) is 2. The van der Waals surface area contributed by atoms with Gasteiger partial charge in [0.15, 0.2) is 11.6 Å². The van der Waals surface area contributed by atoms with Crippen molar-refractivity contribution in [2.45, 2.75) is 6.92 Å². The minimum Gasteiger partial charge on any atom is -0.478 e. The van der Waals surface area contributed by atoms with E-state index in [0.717, 1.165) is 6.54 Å². The predicted octanol–water partition coefficient (Wildman–Crippen LogP) is 1.44. The molecule has 1 aromatic rings. The molecule has 1 fully saturated rings. The van der Waals surface area contributed by atoms with Crippen LogP contribution in [0.1, 0.15) is 27.6 Å². The predicted molar refractivity (Wildman–Crippen MR) is 71.3 cm³/mol. The summed E-state index contributed by atoms with van der Waals surface area (Å²) in [5, 5.41) is 9.04. The van der Waals surface area contributed by atoms with Crippen LogP contribution < -0.4 is 0 Å². The number of rotatable bonds is 3. The van der Waals surface area contributed by atoms with Gasteiger partial charge < -0.3 is 14.9 Å². The molecule has 1 N–H and O–H groups in total. The molecule has 2 rings (SSSR count). The fourth-order valence-corrected chi connectivity index (χ4v) is 2.34. The Bertz CT molecular complexity index is 570. The highest BCUT2D eigenvalue weighted by Gasteiger charge is 2.26. The van der Waals surface area contributed by atoms with Crippen LogP contribution in [0.4, 0.5) is 8.78 Å². The van der Waals surface area contributed by atoms with E-state index < -0.39 is 29.1 Å². The summed E-state index contributed by atoms with van der Waals surface area (Å²) < 4.78 is 26.5. The lowest BCUT2D eigenvalue weighted by Crippen LogP contribution is -2.48. The lowest BCUT2D eigenvalue weighted by atomic mass is 10.1. The third-order valence-electron chi connectivity index (χ3n) is 3.63. The van der Waals surface area contributed by atoms with Gasteiger partial charge in [-0.3, -0.25) is 4.79 Å². The van der Waals surface area contributed by atoms with Crippen molar-refractivity contribution in [2.24, 2.45) is 0 Å². The fourth-order valence-electron chi connectivity index (χ4n) is 2.34. The van der Waals surface area contributed by atoms with Gasteiger partial charge in [0.05, 0.1) is 11.1 Å². The number of carbonyl (C=O) groups is 2. The summed E-state index contributed by atoms with van der Waals surface area (Å²) >= 11 is 0. The standard InChI is InChI=1S/C14H16F2N2O3/c1-2-17-3-5-18(6-4-17)13(19)9-7-11(15)12(16)8-10(9)14(20)21/h7-8H,2-6H2,1H3,(H,20,21). The van der Waals surface area contributed by atoms with Gasteiger partial charge in [-0.1, -0.05) is 6.92 Å². The van der Waals surface area contributed by atoms with Gasteiger partial charge in [0, 0.05) is 26.2 Å². The van der Waals surface area contributed by atoms with Crippen LogP contribution in [0.2, 0.25) is 0 Å². The molecule has 114 valence electrons. The topological polar surface area (TPSA) is 60.9 Å². The summed E-state index contributed by atoms with van der Waals surface area (Å²) in [6, 6.07) is 1.21. The average Bonchev–Trinajstić information content (AvgIpc) is 2.48. The van der Waals surface area contributed by atoms with Gasteiger partial charge in [0.1, 0.15) is 0 Å². The maximum absolute atomic E-state index is 13.3. The highest BCUT2D eigenvalue weighted by molar-refractivity contribution is 6.04. The first-order chi connectivity index (χ1) is 9.93. The van der Waals surface area contributed by atoms with Crippen molar-refractivity contribution in [1.82, 2.24) is 9.80 Å². The van der Waals surface area contributed by atoms with Gasteiger partial charge >= 0.3 is 5.97 Å². The number of carbonyl (C=O) groups excluding carboxylic acids is 1. The molecule has 7 heteroatoms. The molecule has 0 saturated carbocycles. The molecule has 1 aliphatic heterocycles. The van der Waals surface area contributed by atoms with Crippen molar-refractivity contribution < 1.29 is 23.5 Å². The smallest absolute Gasteiger partial charge is 0.336 e. The van der Waals surface area contributed by atoms with E-state index in [1.807, 2.05) is 6.92 Å². The Labute approximate surface area is 120 Å². The van der Waals surface area contributed by atoms with Crippen LogP contribution in [-0.2, 0) is 0 Å². The van der Waals surface area contributed by atoms with Crippen molar-refractivity contribution in [3.63, 3.8) is 0 Å². The average molecular weight is 298 g/mol. The molecule has 0 bridgehead atoms. The molecule has 1 aromatic carbocycles. The van der Waals surface area contributed by atoms with Crippen LogP contribution >= 0.6 is 0 Å².